The summed E-state index contributed by atoms with van der Waals surface area (Å²) in [6.45, 7) is 0.937. The average Bonchev–Trinajstić information content (AvgIpc) is 3.76. The quantitative estimate of drug-likeness (QED) is 0.0800. The number of hydrogen-bond acceptors (Lipinski definition) is 12. The van der Waals surface area contributed by atoms with Gasteiger partial charge in [0.05, 0.1) is 39.3 Å². The highest BCUT2D eigenvalue weighted by Gasteiger charge is 2.31. The molecule has 286 valence electrons. The molecule has 4 unspecified atom stereocenters. The molecule has 2 aliphatic carbocycles. The number of pyridine rings is 2. The van der Waals surface area contributed by atoms with Gasteiger partial charge in [0.2, 0.25) is 23.5 Å². The third-order valence-electron chi connectivity index (χ3n) is 9.67. The predicted molar refractivity (Wildman–Crippen MR) is 197 cm³/mol. The van der Waals surface area contributed by atoms with Gasteiger partial charge in [0.15, 0.2) is 0 Å². The Morgan fingerprint density at radius 2 is 1.11 bits per heavy atom. The number of benzene rings is 2. The van der Waals surface area contributed by atoms with Gasteiger partial charge in [-0.25, -0.2) is 0 Å². The van der Waals surface area contributed by atoms with Crippen molar-refractivity contribution in [3.05, 3.63) is 94.0 Å². The number of carboxylic acids is 2. The number of hydrogen-bond donors (Lipinski definition) is 6. The lowest BCUT2D eigenvalue weighted by Gasteiger charge is -2.18. The minimum atomic E-state index is -1.06. The number of aliphatic carboxylic acids is 2. The van der Waals surface area contributed by atoms with Crippen LogP contribution in [0, 0.1) is 0 Å². The van der Waals surface area contributed by atoms with Crippen LogP contribution in [0.25, 0.3) is 11.1 Å². The van der Waals surface area contributed by atoms with E-state index in [9.17, 15) is 19.8 Å². The number of nitrogens with one attached hydrogen (secondary N) is 2. The molecule has 4 atom stereocenters. The summed E-state index contributed by atoms with van der Waals surface area (Å²) in [6, 6.07) is 20.0. The van der Waals surface area contributed by atoms with Crippen LogP contribution in [-0.2, 0) is 35.5 Å². The van der Waals surface area contributed by atoms with Crippen molar-refractivity contribution in [2.24, 2.45) is 0 Å². The van der Waals surface area contributed by atoms with Gasteiger partial charge in [0, 0.05) is 49.4 Å². The summed E-state index contributed by atoms with van der Waals surface area (Å²) >= 11 is 0. The Morgan fingerprint density at radius 1 is 0.685 bits per heavy atom. The van der Waals surface area contributed by atoms with E-state index in [0.717, 1.165) is 47.9 Å². The Kier molecular flexibility index (Phi) is 12.6. The van der Waals surface area contributed by atoms with Gasteiger partial charge in [0.25, 0.3) is 0 Å². The van der Waals surface area contributed by atoms with Crippen LogP contribution in [0.2, 0.25) is 0 Å². The molecule has 0 radical (unpaired) electrons. The summed E-state index contributed by atoms with van der Waals surface area (Å²) in [4.78, 5) is 30.8. The first kappa shape index (κ1) is 38.4. The molecule has 14 heteroatoms. The summed E-state index contributed by atoms with van der Waals surface area (Å²) in [5.74, 6) is -0.450. The monoisotopic (exact) mass is 742 g/mol. The van der Waals surface area contributed by atoms with Crippen molar-refractivity contribution in [1.82, 2.24) is 20.6 Å². The lowest BCUT2D eigenvalue weighted by molar-refractivity contribution is -0.140. The summed E-state index contributed by atoms with van der Waals surface area (Å²) in [5.41, 5.74) is 8.62. The number of aromatic nitrogens is 2. The largest absolute Gasteiger partial charge is 0.481 e. The fourth-order valence-electron chi connectivity index (χ4n) is 7.23. The zero-order chi connectivity index (χ0) is 38.2. The van der Waals surface area contributed by atoms with E-state index in [1.54, 1.807) is 12.1 Å². The first-order chi connectivity index (χ1) is 26.1. The third kappa shape index (κ3) is 9.26. The molecule has 54 heavy (non-hydrogen) atoms. The summed E-state index contributed by atoms with van der Waals surface area (Å²) in [6.07, 6.45) is 0.259. The predicted octanol–water partition coefficient (Wildman–Crippen LogP) is 4.14. The fraction of sp³-hybridized carbons (Fsp3) is 0.400. The lowest BCUT2D eigenvalue weighted by Crippen LogP contribution is -2.28. The summed E-state index contributed by atoms with van der Waals surface area (Å²) < 4.78 is 23.9. The molecule has 0 bridgehead atoms. The molecule has 2 aromatic carbocycles. The van der Waals surface area contributed by atoms with Crippen LogP contribution in [0.3, 0.4) is 0 Å². The van der Waals surface area contributed by atoms with Crippen molar-refractivity contribution in [2.45, 2.75) is 76.0 Å². The maximum atomic E-state index is 10.8. The number of aliphatic hydroxyl groups excluding tert-OH is 2. The number of ether oxygens (including phenoxy) is 4. The van der Waals surface area contributed by atoms with Gasteiger partial charge in [-0.05, 0) is 71.2 Å². The summed E-state index contributed by atoms with van der Waals surface area (Å²) in [7, 11) is 3.07. The zero-order valence-electron chi connectivity index (χ0n) is 30.3. The van der Waals surface area contributed by atoms with Gasteiger partial charge in [-0.15, -0.1) is 0 Å². The molecule has 6 N–H and O–H groups in total. The number of rotatable bonds is 19. The Morgan fingerprint density at radius 3 is 1.50 bits per heavy atom. The van der Waals surface area contributed by atoms with Crippen LogP contribution < -0.4 is 29.6 Å². The van der Waals surface area contributed by atoms with Crippen molar-refractivity contribution >= 4 is 11.9 Å². The van der Waals surface area contributed by atoms with Crippen LogP contribution in [0.1, 0.15) is 71.3 Å². The van der Waals surface area contributed by atoms with Crippen molar-refractivity contribution in [1.29, 1.82) is 0 Å². The fourth-order valence-corrected chi connectivity index (χ4v) is 7.23. The van der Waals surface area contributed by atoms with Gasteiger partial charge >= 0.3 is 11.9 Å². The normalized spacial score (nSPS) is 17.0. The molecule has 14 nitrogen and oxygen atoms in total. The SMILES string of the molecule is COc1nc(OC2CCc3c(-c4cccc5c4CCC5Oc4ccc(CNCC(O)CC(=O)O)c(OC)n4)cccc32)ccc1CNCC(O)CC(=O)O. The van der Waals surface area contributed by atoms with Crippen molar-refractivity contribution in [2.75, 3.05) is 27.3 Å². The van der Waals surface area contributed by atoms with Crippen molar-refractivity contribution in [3.63, 3.8) is 0 Å². The Bertz CT molecular complexity index is 1820. The minimum Gasteiger partial charge on any atom is -0.481 e. The minimum absolute atomic E-state index is 0.125. The van der Waals surface area contributed by atoms with Gasteiger partial charge in [0.1, 0.15) is 12.2 Å². The standard InChI is InChI=1S/C40H46N4O10/c1-51-39-23(19-41-21-25(45)17-37(47)48)9-15-35(43-39)53-33-13-11-29-27(5-3-7-31(29)33)28-6-4-8-32-30(28)12-14-34(32)54-36-16-10-24(40(44-36)52-2)20-42-22-26(46)18-38(49)50/h3-10,15-16,25-26,33-34,41-42,45-46H,11-14,17-22H2,1-2H3,(H,47,48)(H,49,50). The number of aliphatic hydroxyl groups is 2. The number of carbonyl (C=O) groups is 2. The summed E-state index contributed by atoms with van der Waals surface area (Å²) in [5, 5.41) is 43.5. The van der Waals surface area contributed by atoms with E-state index in [-0.39, 0.29) is 38.1 Å². The zero-order valence-corrected chi connectivity index (χ0v) is 30.3. The van der Waals surface area contributed by atoms with E-state index in [4.69, 9.17) is 29.2 Å². The molecule has 0 saturated carbocycles. The van der Waals surface area contributed by atoms with Crippen LogP contribution >= 0.6 is 0 Å². The van der Waals surface area contributed by atoms with E-state index < -0.39 is 24.1 Å². The molecular formula is C40H46N4O10. The molecular weight excluding hydrogens is 696 g/mol. The average molecular weight is 743 g/mol. The Hall–Kier alpha value is -5.28. The lowest BCUT2D eigenvalue weighted by atomic mass is 9.91. The van der Waals surface area contributed by atoms with Gasteiger partial charge in [-0.2, -0.15) is 9.97 Å². The maximum absolute atomic E-state index is 10.8. The number of fused-ring (bicyclic) bond motifs is 2. The molecule has 0 amide bonds. The Balaban J connectivity index is 1.12. The van der Waals surface area contributed by atoms with Crippen LogP contribution in [0.5, 0.6) is 23.5 Å². The van der Waals surface area contributed by atoms with E-state index in [1.165, 1.54) is 36.5 Å². The van der Waals surface area contributed by atoms with Crippen LogP contribution in [0.4, 0.5) is 0 Å². The number of methoxy groups -OCH3 is 2. The molecule has 6 rings (SSSR count). The molecule has 0 spiro atoms. The molecule has 0 saturated heterocycles. The Labute approximate surface area is 313 Å². The van der Waals surface area contributed by atoms with Gasteiger partial charge < -0.3 is 50.0 Å². The second-order valence-electron chi connectivity index (χ2n) is 13.4. The maximum Gasteiger partial charge on any atom is 0.306 e. The number of carboxylic acid groups (broad SMARTS) is 2. The molecule has 2 aliphatic rings. The molecule has 0 fully saturated rings. The highest BCUT2D eigenvalue weighted by Crippen LogP contribution is 2.45. The molecule has 2 aromatic heterocycles. The van der Waals surface area contributed by atoms with E-state index >= 15 is 0 Å². The van der Waals surface area contributed by atoms with Crippen LogP contribution in [-0.4, -0.2) is 81.8 Å². The topological polar surface area (TPSA) is 202 Å². The van der Waals surface area contributed by atoms with Crippen LogP contribution in [0.15, 0.2) is 60.7 Å². The molecule has 0 aliphatic heterocycles. The van der Waals surface area contributed by atoms with E-state index in [1.807, 2.05) is 12.1 Å². The molecule has 4 aromatic rings. The van der Waals surface area contributed by atoms with Gasteiger partial charge in [-0.3, -0.25) is 9.59 Å². The van der Waals surface area contributed by atoms with Crippen molar-refractivity contribution < 1.29 is 49.0 Å². The third-order valence-corrected chi connectivity index (χ3v) is 9.67. The van der Waals surface area contributed by atoms with E-state index in [2.05, 4.69) is 57.0 Å². The highest BCUT2D eigenvalue weighted by atomic mass is 16.5. The van der Waals surface area contributed by atoms with Gasteiger partial charge in [-0.1, -0.05) is 36.4 Å². The second-order valence-corrected chi connectivity index (χ2v) is 13.4. The number of nitrogens with zero attached hydrogens (tertiary/aromatic N) is 2. The molecule has 2 heterocycles. The smallest absolute Gasteiger partial charge is 0.306 e. The van der Waals surface area contributed by atoms with Crippen molar-refractivity contribution in [3.8, 4) is 34.6 Å². The highest BCUT2D eigenvalue weighted by molar-refractivity contribution is 5.75. The van der Waals surface area contributed by atoms with E-state index in [0.29, 0.717) is 36.6 Å². The first-order valence-electron chi connectivity index (χ1n) is 18.0. The first-order valence-corrected chi connectivity index (χ1v) is 18.0. The second kappa shape index (κ2) is 17.7.